The molecule has 0 atom stereocenters. The molecule has 0 radical (unpaired) electrons. The van der Waals surface area contributed by atoms with Crippen LogP contribution in [0.25, 0.3) is 0 Å². The number of ether oxygens (including phenoxy) is 1. The van der Waals surface area contributed by atoms with Gasteiger partial charge in [-0.3, -0.25) is 4.79 Å². The average molecular weight is 255 g/mol. The molecule has 5 nitrogen and oxygen atoms in total. The van der Waals surface area contributed by atoms with Gasteiger partial charge in [-0.25, -0.2) is 8.42 Å². The number of sulfone groups is 1. The van der Waals surface area contributed by atoms with Crippen LogP contribution in [0.2, 0.25) is 0 Å². The number of nitrogens with one attached hydrogen (secondary N) is 1. The van der Waals surface area contributed by atoms with Gasteiger partial charge in [0.15, 0.2) is 9.84 Å². The van der Waals surface area contributed by atoms with Crippen LogP contribution >= 0.6 is 0 Å². The van der Waals surface area contributed by atoms with Gasteiger partial charge >= 0.3 is 0 Å². The van der Waals surface area contributed by atoms with Crippen molar-refractivity contribution in [1.82, 2.24) is 0 Å². The summed E-state index contributed by atoms with van der Waals surface area (Å²) in [6.07, 6.45) is 0. The zero-order valence-electron chi connectivity index (χ0n) is 9.77. The Morgan fingerprint density at radius 2 is 1.94 bits per heavy atom. The quantitative estimate of drug-likeness (QED) is 0.818. The van der Waals surface area contributed by atoms with Gasteiger partial charge in [-0.2, -0.15) is 0 Å². The number of benzene rings is 1. The summed E-state index contributed by atoms with van der Waals surface area (Å²) < 4.78 is 28.0. The van der Waals surface area contributed by atoms with Gasteiger partial charge < -0.3 is 10.1 Å². The number of amides is 1. The summed E-state index contributed by atoms with van der Waals surface area (Å²) in [6.45, 7) is 2.79. The molecule has 1 heterocycles. The molecule has 17 heavy (non-hydrogen) atoms. The maximum atomic E-state index is 12.2. The van der Waals surface area contributed by atoms with Crippen LogP contribution in [0.1, 0.15) is 13.8 Å². The van der Waals surface area contributed by atoms with E-state index in [1.165, 1.54) is 33.1 Å². The van der Waals surface area contributed by atoms with E-state index in [1.54, 1.807) is 6.07 Å². The number of carbonyl (C=O) groups is 1. The molecule has 0 saturated heterocycles. The van der Waals surface area contributed by atoms with Crippen LogP contribution in [-0.4, -0.2) is 26.2 Å². The number of hydrogen-bond acceptors (Lipinski definition) is 4. The predicted molar refractivity (Wildman–Crippen MR) is 62.9 cm³/mol. The summed E-state index contributed by atoms with van der Waals surface area (Å²) >= 11 is 0. The number of rotatable bonds is 1. The largest absolute Gasteiger partial charge is 0.497 e. The molecular weight excluding hydrogens is 242 g/mol. The second-order valence-electron chi connectivity index (χ2n) is 4.33. The fourth-order valence-corrected chi connectivity index (χ4v) is 3.13. The molecule has 1 aromatic carbocycles. The third-order valence-corrected chi connectivity index (χ3v) is 5.41. The number of anilines is 1. The third kappa shape index (κ3) is 1.51. The Balaban J connectivity index is 2.71. The van der Waals surface area contributed by atoms with Crippen molar-refractivity contribution in [2.24, 2.45) is 0 Å². The van der Waals surface area contributed by atoms with E-state index < -0.39 is 20.5 Å². The molecule has 0 spiro atoms. The average Bonchev–Trinajstić information content (AvgIpc) is 2.26. The Labute approximate surface area is 99.7 Å². The van der Waals surface area contributed by atoms with Crippen LogP contribution < -0.4 is 10.1 Å². The second kappa shape index (κ2) is 3.46. The molecule has 1 aliphatic rings. The zero-order chi connectivity index (χ0) is 12.8. The monoisotopic (exact) mass is 255 g/mol. The lowest BCUT2D eigenvalue weighted by Gasteiger charge is -2.30. The van der Waals surface area contributed by atoms with Crippen LogP contribution in [-0.2, 0) is 14.6 Å². The minimum absolute atomic E-state index is 0.128. The Kier molecular flexibility index (Phi) is 2.43. The number of hydrogen-bond donors (Lipinski definition) is 1. The fraction of sp³-hybridized carbons (Fsp3) is 0.364. The van der Waals surface area contributed by atoms with Crippen LogP contribution in [0.5, 0.6) is 5.75 Å². The highest BCUT2D eigenvalue weighted by Crippen LogP contribution is 2.37. The first-order valence-corrected chi connectivity index (χ1v) is 6.53. The minimum Gasteiger partial charge on any atom is -0.497 e. The van der Waals surface area contributed by atoms with Gasteiger partial charge in [0.2, 0.25) is 5.91 Å². The van der Waals surface area contributed by atoms with E-state index >= 15 is 0 Å². The van der Waals surface area contributed by atoms with Gasteiger partial charge in [-0.15, -0.1) is 0 Å². The molecule has 1 N–H and O–H groups in total. The van der Waals surface area contributed by atoms with Crippen molar-refractivity contribution in [3.8, 4) is 5.75 Å². The van der Waals surface area contributed by atoms with E-state index in [4.69, 9.17) is 4.74 Å². The molecule has 0 saturated carbocycles. The normalized spacial score (nSPS) is 20.3. The molecule has 1 aromatic rings. The summed E-state index contributed by atoms with van der Waals surface area (Å²) in [5.74, 6) is -0.0304. The Bertz CT molecular complexity index is 589. The topological polar surface area (TPSA) is 72.5 Å². The van der Waals surface area contributed by atoms with Crippen molar-refractivity contribution in [2.45, 2.75) is 23.5 Å². The second-order valence-corrected chi connectivity index (χ2v) is 6.80. The van der Waals surface area contributed by atoms with Gasteiger partial charge in [0.25, 0.3) is 0 Å². The third-order valence-electron chi connectivity index (χ3n) is 2.94. The van der Waals surface area contributed by atoms with E-state index in [9.17, 15) is 13.2 Å². The van der Waals surface area contributed by atoms with Gasteiger partial charge in [-0.1, -0.05) is 0 Å². The predicted octanol–water partition coefficient (Wildman–Crippen LogP) is 1.20. The summed E-state index contributed by atoms with van der Waals surface area (Å²) in [5.41, 5.74) is 0.272. The van der Waals surface area contributed by atoms with Crippen molar-refractivity contribution >= 4 is 21.4 Å². The molecule has 0 fully saturated rings. The lowest BCUT2D eigenvalue weighted by molar-refractivity contribution is -0.118. The lowest BCUT2D eigenvalue weighted by atomic mass is 10.1. The first-order chi connectivity index (χ1) is 7.80. The molecular formula is C11H13NO4S. The Hall–Kier alpha value is -1.56. The lowest BCUT2D eigenvalue weighted by Crippen LogP contribution is -2.48. The highest BCUT2D eigenvalue weighted by molar-refractivity contribution is 7.94. The van der Waals surface area contributed by atoms with Gasteiger partial charge in [-0.05, 0) is 26.0 Å². The first-order valence-electron chi connectivity index (χ1n) is 5.05. The summed E-state index contributed by atoms with van der Waals surface area (Å²) in [5, 5.41) is 2.58. The van der Waals surface area contributed by atoms with Gasteiger partial charge in [0, 0.05) is 6.07 Å². The highest BCUT2D eigenvalue weighted by atomic mass is 32.2. The van der Waals surface area contributed by atoms with E-state index in [0.717, 1.165) is 0 Å². The van der Waals surface area contributed by atoms with E-state index in [2.05, 4.69) is 5.32 Å². The Morgan fingerprint density at radius 3 is 2.53 bits per heavy atom. The van der Waals surface area contributed by atoms with E-state index in [-0.39, 0.29) is 10.6 Å². The van der Waals surface area contributed by atoms with Crippen LogP contribution in [0, 0.1) is 0 Å². The summed E-state index contributed by atoms with van der Waals surface area (Å²) in [4.78, 5) is 11.9. The molecule has 1 amide bonds. The van der Waals surface area contributed by atoms with Crippen molar-refractivity contribution < 1.29 is 17.9 Å². The van der Waals surface area contributed by atoms with Crippen molar-refractivity contribution in [3.63, 3.8) is 0 Å². The molecule has 0 bridgehead atoms. The fourth-order valence-electron chi connectivity index (χ4n) is 1.64. The summed E-state index contributed by atoms with van der Waals surface area (Å²) in [6, 6.07) is 4.51. The maximum absolute atomic E-state index is 12.2. The number of carbonyl (C=O) groups excluding carboxylic acids is 1. The first kappa shape index (κ1) is 11.9. The van der Waals surface area contributed by atoms with Crippen LogP contribution in [0.15, 0.2) is 23.1 Å². The van der Waals surface area contributed by atoms with Crippen LogP contribution in [0.4, 0.5) is 5.69 Å². The SMILES string of the molecule is COc1ccc2c(c1)NC(=O)C(C)(C)S2(=O)=O. The van der Waals surface area contributed by atoms with Gasteiger partial charge in [0.1, 0.15) is 10.5 Å². The van der Waals surface area contributed by atoms with Gasteiger partial charge in [0.05, 0.1) is 17.7 Å². The Morgan fingerprint density at radius 1 is 1.29 bits per heavy atom. The van der Waals surface area contributed by atoms with Crippen molar-refractivity contribution in [1.29, 1.82) is 0 Å². The standard InChI is InChI=1S/C11H13NO4S/c1-11(2)10(13)12-8-6-7(16-3)4-5-9(8)17(11,14)15/h4-6H,1-3H3,(H,12,13). The summed E-state index contributed by atoms with van der Waals surface area (Å²) in [7, 11) is -2.19. The molecule has 0 aliphatic carbocycles. The zero-order valence-corrected chi connectivity index (χ0v) is 10.6. The smallest absolute Gasteiger partial charge is 0.245 e. The number of methoxy groups -OCH3 is 1. The van der Waals surface area contributed by atoms with Crippen molar-refractivity contribution in [2.75, 3.05) is 12.4 Å². The molecule has 0 unspecified atom stereocenters. The maximum Gasteiger partial charge on any atom is 0.245 e. The molecule has 0 aromatic heterocycles. The number of fused-ring (bicyclic) bond motifs is 1. The minimum atomic E-state index is -3.66. The van der Waals surface area contributed by atoms with Crippen LogP contribution in [0.3, 0.4) is 0 Å². The molecule has 6 heteroatoms. The highest BCUT2D eigenvalue weighted by Gasteiger charge is 2.47. The molecule has 92 valence electrons. The molecule has 1 aliphatic heterocycles. The van der Waals surface area contributed by atoms with Crippen molar-refractivity contribution in [3.05, 3.63) is 18.2 Å². The van der Waals surface area contributed by atoms with E-state index in [1.807, 2.05) is 0 Å². The molecule has 2 rings (SSSR count). The van der Waals surface area contributed by atoms with E-state index in [0.29, 0.717) is 5.75 Å².